The number of aryl methyl sites for hydroxylation is 1. The number of aliphatic hydroxyl groups is 1. The van der Waals surface area contributed by atoms with Crippen molar-refractivity contribution in [3.63, 3.8) is 0 Å². The second-order valence-electron chi connectivity index (χ2n) is 4.24. The third kappa shape index (κ3) is 3.36. The van der Waals surface area contributed by atoms with Crippen LogP contribution in [-0.2, 0) is 6.42 Å². The minimum atomic E-state index is -0.452. The Bertz CT molecular complexity index is 583. The zero-order valence-electron chi connectivity index (χ0n) is 11.0. The maximum absolute atomic E-state index is 12.2. The number of rotatable bonds is 5. The Morgan fingerprint density at radius 1 is 1.45 bits per heavy atom. The molecule has 1 aromatic carbocycles. The van der Waals surface area contributed by atoms with Crippen molar-refractivity contribution in [3.8, 4) is 0 Å². The van der Waals surface area contributed by atoms with E-state index in [0.717, 1.165) is 11.3 Å². The summed E-state index contributed by atoms with van der Waals surface area (Å²) in [6.45, 7) is 1.78. The fourth-order valence-corrected chi connectivity index (χ4v) is 2.77. The number of amides is 1. The van der Waals surface area contributed by atoms with E-state index >= 15 is 0 Å². The van der Waals surface area contributed by atoms with Gasteiger partial charge in [-0.3, -0.25) is 4.79 Å². The fourth-order valence-electron chi connectivity index (χ4n) is 1.86. The van der Waals surface area contributed by atoms with Crippen molar-refractivity contribution in [1.29, 1.82) is 0 Å². The van der Waals surface area contributed by atoms with Gasteiger partial charge in [-0.05, 0) is 24.1 Å². The summed E-state index contributed by atoms with van der Waals surface area (Å²) in [6.07, 6.45) is 0.705. The quantitative estimate of drug-likeness (QED) is 0.892. The molecular formula is C14H15ClN2O2S. The standard InChI is InChI=1S/C14H15ClN2O2S/c1-2-11-13(20-8-16-11)14(19)17-12(7-18)9-3-5-10(15)6-4-9/h3-6,8,12,18H,2,7H2,1H3,(H,17,19). The third-order valence-corrected chi connectivity index (χ3v) is 4.06. The van der Waals surface area contributed by atoms with Crippen molar-refractivity contribution >= 4 is 28.8 Å². The van der Waals surface area contributed by atoms with Gasteiger partial charge >= 0.3 is 0 Å². The molecule has 106 valence electrons. The summed E-state index contributed by atoms with van der Waals surface area (Å²) in [6, 6.07) is 6.59. The van der Waals surface area contributed by atoms with Crippen LogP contribution in [0.25, 0.3) is 0 Å². The predicted octanol–water partition coefficient (Wildman–Crippen LogP) is 2.82. The van der Waals surface area contributed by atoms with Crippen LogP contribution in [0.2, 0.25) is 5.02 Å². The second kappa shape index (κ2) is 6.83. The average Bonchev–Trinajstić information content (AvgIpc) is 2.94. The summed E-state index contributed by atoms with van der Waals surface area (Å²) >= 11 is 7.14. The van der Waals surface area contributed by atoms with Gasteiger partial charge in [0.15, 0.2) is 0 Å². The molecular weight excluding hydrogens is 296 g/mol. The van der Waals surface area contributed by atoms with Crippen LogP contribution in [0.4, 0.5) is 0 Å². The van der Waals surface area contributed by atoms with Crippen LogP contribution in [0, 0.1) is 0 Å². The molecule has 0 spiro atoms. The SMILES string of the molecule is CCc1ncsc1C(=O)NC(CO)c1ccc(Cl)cc1. The van der Waals surface area contributed by atoms with Crippen LogP contribution in [0.5, 0.6) is 0 Å². The molecule has 0 bridgehead atoms. The Kier molecular flexibility index (Phi) is 5.11. The molecule has 0 saturated heterocycles. The first-order valence-electron chi connectivity index (χ1n) is 6.25. The minimum Gasteiger partial charge on any atom is -0.394 e. The van der Waals surface area contributed by atoms with E-state index in [1.165, 1.54) is 11.3 Å². The van der Waals surface area contributed by atoms with E-state index in [2.05, 4.69) is 10.3 Å². The molecule has 1 aromatic heterocycles. The van der Waals surface area contributed by atoms with Gasteiger partial charge in [-0.25, -0.2) is 4.98 Å². The lowest BCUT2D eigenvalue weighted by molar-refractivity contribution is 0.0919. The number of aromatic nitrogens is 1. The van der Waals surface area contributed by atoms with Crippen LogP contribution < -0.4 is 5.32 Å². The lowest BCUT2D eigenvalue weighted by Gasteiger charge is -2.16. The number of nitrogens with one attached hydrogen (secondary N) is 1. The molecule has 0 radical (unpaired) electrons. The van der Waals surface area contributed by atoms with Crippen LogP contribution in [0.3, 0.4) is 0 Å². The predicted molar refractivity (Wildman–Crippen MR) is 80.2 cm³/mol. The summed E-state index contributed by atoms with van der Waals surface area (Å²) in [5, 5.41) is 12.9. The summed E-state index contributed by atoms with van der Waals surface area (Å²) < 4.78 is 0. The monoisotopic (exact) mass is 310 g/mol. The molecule has 1 heterocycles. The summed E-state index contributed by atoms with van der Waals surface area (Å²) in [7, 11) is 0. The van der Waals surface area contributed by atoms with Crippen LogP contribution in [0.1, 0.15) is 33.9 Å². The highest BCUT2D eigenvalue weighted by Gasteiger charge is 2.18. The zero-order chi connectivity index (χ0) is 14.5. The second-order valence-corrected chi connectivity index (χ2v) is 5.53. The normalized spacial score (nSPS) is 12.2. The van der Waals surface area contributed by atoms with Crippen LogP contribution in [-0.4, -0.2) is 22.6 Å². The molecule has 2 N–H and O–H groups in total. The number of aliphatic hydroxyl groups excluding tert-OH is 1. The Labute approximate surface area is 126 Å². The molecule has 1 atom stereocenters. The summed E-state index contributed by atoms with van der Waals surface area (Å²) in [5.74, 6) is -0.210. The van der Waals surface area contributed by atoms with Crippen molar-refractivity contribution in [2.45, 2.75) is 19.4 Å². The van der Waals surface area contributed by atoms with E-state index in [-0.39, 0.29) is 12.5 Å². The number of benzene rings is 1. The molecule has 1 amide bonds. The van der Waals surface area contributed by atoms with Crippen molar-refractivity contribution in [2.24, 2.45) is 0 Å². The highest BCUT2D eigenvalue weighted by Crippen LogP contribution is 2.19. The van der Waals surface area contributed by atoms with Crippen molar-refractivity contribution in [2.75, 3.05) is 6.61 Å². The van der Waals surface area contributed by atoms with E-state index in [0.29, 0.717) is 16.3 Å². The van der Waals surface area contributed by atoms with Gasteiger partial charge in [0.25, 0.3) is 5.91 Å². The maximum atomic E-state index is 12.2. The molecule has 0 fully saturated rings. The van der Waals surface area contributed by atoms with E-state index in [9.17, 15) is 9.90 Å². The molecule has 0 aliphatic heterocycles. The molecule has 2 rings (SSSR count). The van der Waals surface area contributed by atoms with Gasteiger partial charge in [-0.1, -0.05) is 30.7 Å². The smallest absolute Gasteiger partial charge is 0.263 e. The average molecular weight is 311 g/mol. The highest BCUT2D eigenvalue weighted by molar-refractivity contribution is 7.11. The topological polar surface area (TPSA) is 62.2 Å². The lowest BCUT2D eigenvalue weighted by atomic mass is 10.1. The van der Waals surface area contributed by atoms with Crippen LogP contribution >= 0.6 is 22.9 Å². The number of thiazole rings is 1. The largest absolute Gasteiger partial charge is 0.394 e. The molecule has 2 aromatic rings. The van der Waals surface area contributed by atoms with Gasteiger partial charge in [-0.2, -0.15) is 0 Å². The third-order valence-electron chi connectivity index (χ3n) is 2.94. The summed E-state index contributed by atoms with van der Waals surface area (Å²) in [4.78, 5) is 17.0. The number of hydrogen-bond acceptors (Lipinski definition) is 4. The molecule has 6 heteroatoms. The first-order chi connectivity index (χ1) is 9.65. The molecule has 0 saturated carbocycles. The zero-order valence-corrected chi connectivity index (χ0v) is 12.5. The van der Waals surface area contributed by atoms with Gasteiger partial charge in [0, 0.05) is 5.02 Å². The number of nitrogens with zero attached hydrogens (tertiary/aromatic N) is 1. The fraction of sp³-hybridized carbons (Fsp3) is 0.286. The molecule has 20 heavy (non-hydrogen) atoms. The Morgan fingerprint density at radius 3 is 2.75 bits per heavy atom. The van der Waals surface area contributed by atoms with Crippen molar-refractivity contribution in [3.05, 3.63) is 50.9 Å². The van der Waals surface area contributed by atoms with Gasteiger partial charge in [0.2, 0.25) is 0 Å². The van der Waals surface area contributed by atoms with E-state index < -0.39 is 6.04 Å². The first kappa shape index (κ1) is 15.0. The van der Waals surface area contributed by atoms with Gasteiger partial charge in [0.1, 0.15) is 4.88 Å². The molecule has 4 nitrogen and oxygen atoms in total. The number of hydrogen-bond donors (Lipinski definition) is 2. The van der Waals surface area contributed by atoms with Gasteiger partial charge < -0.3 is 10.4 Å². The Balaban J connectivity index is 2.14. The Hall–Kier alpha value is -1.43. The van der Waals surface area contributed by atoms with E-state index in [4.69, 9.17) is 11.6 Å². The first-order valence-corrected chi connectivity index (χ1v) is 7.51. The van der Waals surface area contributed by atoms with Crippen molar-refractivity contribution < 1.29 is 9.90 Å². The molecule has 0 aliphatic carbocycles. The molecule has 1 unspecified atom stereocenters. The minimum absolute atomic E-state index is 0.173. The Morgan fingerprint density at radius 2 is 2.15 bits per heavy atom. The maximum Gasteiger partial charge on any atom is 0.263 e. The number of halogens is 1. The number of carbonyl (C=O) groups is 1. The van der Waals surface area contributed by atoms with E-state index in [1.807, 2.05) is 6.92 Å². The van der Waals surface area contributed by atoms with Crippen molar-refractivity contribution in [1.82, 2.24) is 10.3 Å². The summed E-state index contributed by atoms with van der Waals surface area (Å²) in [5.41, 5.74) is 3.25. The van der Waals surface area contributed by atoms with E-state index in [1.54, 1.807) is 29.8 Å². The van der Waals surface area contributed by atoms with Gasteiger partial charge in [0.05, 0.1) is 23.9 Å². The van der Waals surface area contributed by atoms with Crippen LogP contribution in [0.15, 0.2) is 29.8 Å². The molecule has 0 aliphatic rings. The number of carbonyl (C=O) groups excluding carboxylic acids is 1. The lowest BCUT2D eigenvalue weighted by Crippen LogP contribution is -2.30. The van der Waals surface area contributed by atoms with Gasteiger partial charge in [-0.15, -0.1) is 11.3 Å². The highest BCUT2D eigenvalue weighted by atomic mass is 35.5.